The molecule has 0 spiro atoms. The summed E-state index contributed by atoms with van der Waals surface area (Å²) in [6, 6.07) is 16.4. The molecule has 0 aliphatic rings. The number of carbonyl (C=O) groups excluding carboxylic acids is 1. The van der Waals surface area contributed by atoms with Gasteiger partial charge >= 0.3 is 0 Å². The third-order valence-electron chi connectivity index (χ3n) is 3.62. The molecule has 0 atom stereocenters. The van der Waals surface area contributed by atoms with Gasteiger partial charge < -0.3 is 5.32 Å². The lowest BCUT2D eigenvalue weighted by molar-refractivity contribution is -0.116. The molecule has 21 heavy (non-hydrogen) atoms. The van der Waals surface area contributed by atoms with Crippen molar-refractivity contribution < 1.29 is 4.79 Å². The molecule has 1 amide bonds. The molecule has 0 saturated heterocycles. The lowest BCUT2D eigenvalue weighted by atomic mass is 10.0. The Labute approximate surface area is 127 Å². The lowest BCUT2D eigenvalue weighted by Crippen LogP contribution is -2.14. The summed E-state index contributed by atoms with van der Waals surface area (Å²) < 4.78 is 0. The molecule has 0 saturated carbocycles. The maximum absolute atomic E-state index is 12.1. The zero-order valence-corrected chi connectivity index (χ0v) is 13.0. The fraction of sp³-hybridized carbons (Fsp3) is 0.316. The molecular weight excluding hydrogens is 258 g/mol. The quantitative estimate of drug-likeness (QED) is 0.846. The molecule has 1 N–H and O–H groups in total. The van der Waals surface area contributed by atoms with Gasteiger partial charge in [-0.15, -0.1) is 0 Å². The van der Waals surface area contributed by atoms with E-state index in [2.05, 4.69) is 56.4 Å². The SMILES string of the molecule is Cc1ccc(CCC(=O)Nc2ccccc2C(C)C)cc1. The van der Waals surface area contributed by atoms with Gasteiger partial charge in [-0.2, -0.15) is 0 Å². The topological polar surface area (TPSA) is 29.1 Å². The van der Waals surface area contributed by atoms with Crippen molar-refractivity contribution in [1.29, 1.82) is 0 Å². The molecule has 0 radical (unpaired) electrons. The van der Waals surface area contributed by atoms with Crippen LogP contribution in [-0.4, -0.2) is 5.91 Å². The average molecular weight is 281 g/mol. The molecule has 0 fully saturated rings. The van der Waals surface area contributed by atoms with Crippen molar-refractivity contribution in [3.8, 4) is 0 Å². The third-order valence-corrected chi connectivity index (χ3v) is 3.62. The van der Waals surface area contributed by atoms with Crippen molar-refractivity contribution in [2.24, 2.45) is 0 Å². The largest absolute Gasteiger partial charge is 0.326 e. The summed E-state index contributed by atoms with van der Waals surface area (Å²) >= 11 is 0. The van der Waals surface area contributed by atoms with Crippen molar-refractivity contribution in [3.05, 3.63) is 65.2 Å². The molecule has 0 heterocycles. The van der Waals surface area contributed by atoms with E-state index >= 15 is 0 Å². The third kappa shape index (κ3) is 4.45. The van der Waals surface area contributed by atoms with Crippen molar-refractivity contribution in [2.75, 3.05) is 5.32 Å². The predicted molar refractivity (Wildman–Crippen MR) is 88.7 cm³/mol. The second kappa shape index (κ2) is 7.07. The van der Waals surface area contributed by atoms with E-state index < -0.39 is 0 Å². The molecule has 110 valence electrons. The molecule has 0 aliphatic heterocycles. The highest BCUT2D eigenvalue weighted by Crippen LogP contribution is 2.23. The minimum absolute atomic E-state index is 0.0728. The minimum atomic E-state index is 0.0728. The Morgan fingerprint density at radius 3 is 2.38 bits per heavy atom. The van der Waals surface area contributed by atoms with Crippen LogP contribution in [0.25, 0.3) is 0 Å². The van der Waals surface area contributed by atoms with E-state index in [0.717, 1.165) is 12.1 Å². The van der Waals surface area contributed by atoms with Gasteiger partial charge in [-0.05, 0) is 36.5 Å². The Morgan fingerprint density at radius 1 is 1.05 bits per heavy atom. The number of hydrogen-bond acceptors (Lipinski definition) is 1. The van der Waals surface area contributed by atoms with E-state index in [0.29, 0.717) is 12.3 Å². The first-order chi connectivity index (χ1) is 10.1. The van der Waals surface area contributed by atoms with Crippen LogP contribution < -0.4 is 5.32 Å². The number of aryl methyl sites for hydroxylation is 2. The van der Waals surface area contributed by atoms with Crippen LogP contribution >= 0.6 is 0 Å². The predicted octanol–water partition coefficient (Wildman–Crippen LogP) is 4.69. The van der Waals surface area contributed by atoms with Crippen LogP contribution in [-0.2, 0) is 11.2 Å². The monoisotopic (exact) mass is 281 g/mol. The number of para-hydroxylation sites is 1. The second-order valence-corrected chi connectivity index (χ2v) is 5.78. The minimum Gasteiger partial charge on any atom is -0.326 e. The number of carbonyl (C=O) groups is 1. The first-order valence-corrected chi connectivity index (χ1v) is 7.50. The Balaban J connectivity index is 1.94. The molecular formula is C19H23NO. The van der Waals surface area contributed by atoms with Gasteiger partial charge in [-0.3, -0.25) is 4.79 Å². The Kier molecular flexibility index (Phi) is 5.15. The number of amides is 1. The van der Waals surface area contributed by atoms with Gasteiger partial charge in [-0.1, -0.05) is 61.9 Å². The van der Waals surface area contributed by atoms with Crippen molar-refractivity contribution >= 4 is 11.6 Å². The average Bonchev–Trinajstić information content (AvgIpc) is 2.47. The maximum Gasteiger partial charge on any atom is 0.224 e. The Morgan fingerprint density at radius 2 is 1.71 bits per heavy atom. The Hall–Kier alpha value is -2.09. The molecule has 2 nitrogen and oxygen atoms in total. The van der Waals surface area contributed by atoms with Crippen LogP contribution in [0.2, 0.25) is 0 Å². The van der Waals surface area contributed by atoms with Crippen LogP contribution in [0.4, 0.5) is 5.69 Å². The van der Waals surface area contributed by atoms with Crippen molar-refractivity contribution in [2.45, 2.75) is 39.5 Å². The number of nitrogens with one attached hydrogen (secondary N) is 1. The summed E-state index contributed by atoms with van der Waals surface area (Å²) in [6.45, 7) is 6.34. The van der Waals surface area contributed by atoms with E-state index in [9.17, 15) is 4.79 Å². The van der Waals surface area contributed by atoms with Crippen molar-refractivity contribution in [1.82, 2.24) is 0 Å². The second-order valence-electron chi connectivity index (χ2n) is 5.78. The van der Waals surface area contributed by atoms with Gasteiger partial charge in [0.1, 0.15) is 0 Å². The van der Waals surface area contributed by atoms with Crippen LogP contribution in [0.1, 0.15) is 42.9 Å². The molecule has 0 bridgehead atoms. The fourth-order valence-electron chi connectivity index (χ4n) is 2.34. The van der Waals surface area contributed by atoms with E-state index in [1.807, 2.05) is 18.2 Å². The normalized spacial score (nSPS) is 10.7. The summed E-state index contributed by atoms with van der Waals surface area (Å²) in [7, 11) is 0. The van der Waals surface area contributed by atoms with Crippen LogP contribution in [0, 0.1) is 6.92 Å². The summed E-state index contributed by atoms with van der Waals surface area (Å²) in [5.74, 6) is 0.474. The number of hydrogen-bond donors (Lipinski definition) is 1. The molecule has 0 aromatic heterocycles. The van der Waals surface area contributed by atoms with E-state index in [4.69, 9.17) is 0 Å². The molecule has 0 unspecified atom stereocenters. The lowest BCUT2D eigenvalue weighted by Gasteiger charge is -2.13. The highest BCUT2D eigenvalue weighted by atomic mass is 16.1. The highest BCUT2D eigenvalue weighted by molar-refractivity contribution is 5.91. The van der Waals surface area contributed by atoms with Crippen LogP contribution in [0.15, 0.2) is 48.5 Å². The van der Waals surface area contributed by atoms with Gasteiger partial charge in [0.05, 0.1) is 0 Å². The molecule has 2 heteroatoms. The first-order valence-electron chi connectivity index (χ1n) is 7.50. The van der Waals surface area contributed by atoms with Crippen molar-refractivity contribution in [3.63, 3.8) is 0 Å². The van der Waals surface area contributed by atoms with E-state index in [-0.39, 0.29) is 5.91 Å². The smallest absolute Gasteiger partial charge is 0.224 e. The molecule has 2 aromatic carbocycles. The maximum atomic E-state index is 12.1. The van der Waals surface area contributed by atoms with Gasteiger partial charge in [0.25, 0.3) is 0 Å². The standard InChI is InChI=1S/C19H23NO/c1-14(2)17-6-4-5-7-18(17)20-19(21)13-12-16-10-8-15(3)9-11-16/h4-11,14H,12-13H2,1-3H3,(H,20,21). The van der Waals surface area contributed by atoms with Crippen LogP contribution in [0.5, 0.6) is 0 Å². The summed E-state index contributed by atoms with van der Waals surface area (Å²) in [5.41, 5.74) is 4.56. The van der Waals surface area contributed by atoms with E-state index in [1.54, 1.807) is 0 Å². The molecule has 0 aliphatic carbocycles. The molecule has 2 aromatic rings. The zero-order valence-electron chi connectivity index (χ0n) is 13.0. The Bertz CT molecular complexity index is 599. The fourth-order valence-corrected chi connectivity index (χ4v) is 2.34. The summed E-state index contributed by atoms with van der Waals surface area (Å²) in [5, 5.41) is 3.03. The van der Waals surface area contributed by atoms with Gasteiger partial charge in [-0.25, -0.2) is 0 Å². The van der Waals surface area contributed by atoms with E-state index in [1.165, 1.54) is 16.7 Å². The van der Waals surface area contributed by atoms with Gasteiger partial charge in [0.15, 0.2) is 0 Å². The summed E-state index contributed by atoms with van der Waals surface area (Å²) in [4.78, 5) is 12.1. The first kappa shape index (κ1) is 15.3. The number of benzene rings is 2. The highest BCUT2D eigenvalue weighted by Gasteiger charge is 2.09. The zero-order chi connectivity index (χ0) is 15.2. The van der Waals surface area contributed by atoms with Gasteiger partial charge in [0, 0.05) is 12.1 Å². The molecule has 2 rings (SSSR count). The summed E-state index contributed by atoms with van der Waals surface area (Å²) in [6.07, 6.45) is 1.28. The van der Waals surface area contributed by atoms with Gasteiger partial charge in [0.2, 0.25) is 5.91 Å². The number of rotatable bonds is 5. The van der Waals surface area contributed by atoms with Crippen LogP contribution in [0.3, 0.4) is 0 Å². The number of anilines is 1.